The Hall–Kier alpha value is -3.52. The number of hydrogen-bond acceptors (Lipinski definition) is 7. The topological polar surface area (TPSA) is 106 Å². The zero-order valence-electron chi connectivity index (χ0n) is 17.6. The Kier molecular flexibility index (Phi) is 6.81. The van der Waals surface area contributed by atoms with E-state index in [2.05, 4.69) is 0 Å². The largest absolute Gasteiger partial charge is 0.507 e. The van der Waals surface area contributed by atoms with Gasteiger partial charge in [0.1, 0.15) is 11.5 Å². The van der Waals surface area contributed by atoms with Crippen LogP contribution in [0.2, 0.25) is 0 Å². The molecule has 3 rings (SSSR count). The fraction of sp³-hybridized carbons (Fsp3) is 0.304. The molecule has 0 bridgehead atoms. The summed E-state index contributed by atoms with van der Waals surface area (Å²) in [6, 6.07) is 10.3. The van der Waals surface area contributed by atoms with Gasteiger partial charge < -0.3 is 29.3 Å². The first-order valence-corrected chi connectivity index (χ1v) is 9.71. The Morgan fingerprint density at radius 1 is 1.03 bits per heavy atom. The molecule has 2 aromatic rings. The number of phenols is 1. The first kappa shape index (κ1) is 22.2. The van der Waals surface area contributed by atoms with Gasteiger partial charge in [0.15, 0.2) is 11.5 Å². The van der Waals surface area contributed by atoms with Gasteiger partial charge in [-0.1, -0.05) is 6.07 Å². The van der Waals surface area contributed by atoms with Gasteiger partial charge in [-0.05, 0) is 48.4 Å². The number of ketones is 1. The lowest BCUT2D eigenvalue weighted by molar-refractivity contribution is -0.140. The van der Waals surface area contributed by atoms with Crippen LogP contribution in [0.5, 0.6) is 17.2 Å². The highest BCUT2D eigenvalue weighted by Gasteiger charge is 2.46. The number of phenolic OH excluding ortho intramolecular Hbond substituents is 1. The van der Waals surface area contributed by atoms with Gasteiger partial charge in [-0.15, -0.1) is 0 Å². The maximum Gasteiger partial charge on any atom is 0.295 e. The van der Waals surface area contributed by atoms with Crippen LogP contribution in [0.25, 0.3) is 5.76 Å². The van der Waals surface area contributed by atoms with Crippen molar-refractivity contribution >= 4 is 17.4 Å². The molecule has 0 radical (unpaired) electrons. The summed E-state index contributed by atoms with van der Waals surface area (Å²) in [5.41, 5.74) is 0.882. The second-order valence-corrected chi connectivity index (χ2v) is 7.00. The van der Waals surface area contributed by atoms with Crippen LogP contribution in [-0.2, 0) is 14.3 Å². The molecule has 31 heavy (non-hydrogen) atoms. The minimum Gasteiger partial charge on any atom is -0.507 e. The van der Waals surface area contributed by atoms with Crippen molar-refractivity contribution in [1.29, 1.82) is 0 Å². The zero-order chi connectivity index (χ0) is 22.5. The number of carbonyl (C=O) groups excluding carboxylic acids is 2. The molecule has 0 saturated carbocycles. The Morgan fingerprint density at radius 2 is 1.74 bits per heavy atom. The Bertz CT molecular complexity index is 997. The van der Waals surface area contributed by atoms with Crippen molar-refractivity contribution in [1.82, 2.24) is 4.90 Å². The highest BCUT2D eigenvalue weighted by molar-refractivity contribution is 6.46. The molecular weight excluding hydrogens is 402 g/mol. The molecule has 0 aromatic heterocycles. The van der Waals surface area contributed by atoms with Crippen molar-refractivity contribution in [3.05, 3.63) is 59.2 Å². The minimum atomic E-state index is -0.839. The quantitative estimate of drug-likeness (QED) is 0.289. The molecule has 1 atom stereocenters. The summed E-state index contributed by atoms with van der Waals surface area (Å²) in [4.78, 5) is 27.2. The van der Waals surface area contributed by atoms with Crippen LogP contribution >= 0.6 is 0 Å². The molecule has 1 heterocycles. The molecule has 0 aliphatic carbocycles. The fourth-order valence-corrected chi connectivity index (χ4v) is 3.61. The highest BCUT2D eigenvalue weighted by Crippen LogP contribution is 2.41. The van der Waals surface area contributed by atoms with Crippen LogP contribution in [0, 0.1) is 0 Å². The number of ether oxygens (including phenoxy) is 3. The first-order valence-electron chi connectivity index (χ1n) is 9.71. The maximum absolute atomic E-state index is 12.9. The predicted molar refractivity (Wildman–Crippen MR) is 113 cm³/mol. The molecule has 0 spiro atoms. The number of aromatic hydroxyl groups is 1. The van der Waals surface area contributed by atoms with Crippen LogP contribution in [0.15, 0.2) is 48.0 Å². The third kappa shape index (κ3) is 4.34. The Balaban J connectivity index is 2.13. The highest BCUT2D eigenvalue weighted by atomic mass is 16.5. The number of amides is 1. The fourth-order valence-electron chi connectivity index (χ4n) is 3.61. The molecule has 8 heteroatoms. The van der Waals surface area contributed by atoms with E-state index < -0.39 is 17.7 Å². The van der Waals surface area contributed by atoms with Crippen LogP contribution in [0.1, 0.15) is 23.6 Å². The van der Waals surface area contributed by atoms with Gasteiger partial charge in [0.25, 0.3) is 11.7 Å². The van der Waals surface area contributed by atoms with E-state index in [1.54, 1.807) is 43.5 Å². The Morgan fingerprint density at radius 3 is 2.35 bits per heavy atom. The summed E-state index contributed by atoms with van der Waals surface area (Å²) in [6.45, 7) is 0.665. The average molecular weight is 427 g/mol. The molecule has 8 nitrogen and oxygen atoms in total. The van der Waals surface area contributed by atoms with Gasteiger partial charge in [0, 0.05) is 25.8 Å². The summed E-state index contributed by atoms with van der Waals surface area (Å²) in [6.07, 6.45) is 0.512. The number of benzene rings is 2. The van der Waals surface area contributed by atoms with Gasteiger partial charge >= 0.3 is 0 Å². The number of methoxy groups -OCH3 is 3. The number of aliphatic hydroxyl groups excluding tert-OH is 1. The van der Waals surface area contributed by atoms with E-state index in [0.717, 1.165) is 0 Å². The molecule has 2 aromatic carbocycles. The van der Waals surface area contributed by atoms with Crippen LogP contribution in [0.3, 0.4) is 0 Å². The van der Waals surface area contributed by atoms with E-state index >= 15 is 0 Å². The smallest absolute Gasteiger partial charge is 0.295 e. The van der Waals surface area contributed by atoms with E-state index in [4.69, 9.17) is 14.2 Å². The second-order valence-electron chi connectivity index (χ2n) is 7.00. The molecule has 164 valence electrons. The lowest BCUT2D eigenvalue weighted by Gasteiger charge is -2.25. The standard InChI is InChI=1S/C23H25NO7/c1-29-12-4-11-24-20(15-7-10-17(25)18(13-15)31-3)19(22(27)23(24)28)21(26)14-5-8-16(30-2)9-6-14/h5-10,13,20,25-26H,4,11-12H2,1-3H3/b21-19-. The van der Waals surface area contributed by atoms with Gasteiger partial charge in [0.2, 0.25) is 0 Å². The Labute approximate surface area is 180 Å². The number of carbonyl (C=O) groups is 2. The van der Waals surface area contributed by atoms with Crippen LogP contribution in [0.4, 0.5) is 0 Å². The summed E-state index contributed by atoms with van der Waals surface area (Å²) in [7, 11) is 4.49. The zero-order valence-corrected chi connectivity index (χ0v) is 17.6. The number of Topliss-reactive ketones (excluding diaryl/α,β-unsaturated/α-hetero) is 1. The molecule has 2 N–H and O–H groups in total. The molecule has 1 aliphatic rings. The van der Waals surface area contributed by atoms with Crippen molar-refractivity contribution in [2.75, 3.05) is 34.5 Å². The summed E-state index contributed by atoms with van der Waals surface area (Å²) >= 11 is 0. The number of aliphatic hydroxyl groups is 1. The summed E-state index contributed by atoms with van der Waals surface area (Å²) in [5, 5.41) is 21.0. The van der Waals surface area contributed by atoms with Gasteiger partial charge in [-0.2, -0.15) is 0 Å². The minimum absolute atomic E-state index is 0.0275. The van der Waals surface area contributed by atoms with E-state index in [9.17, 15) is 19.8 Å². The second kappa shape index (κ2) is 9.53. The molecular formula is C23H25NO7. The molecule has 1 unspecified atom stereocenters. The van der Waals surface area contributed by atoms with Crippen LogP contribution in [-0.4, -0.2) is 61.3 Å². The molecule has 1 saturated heterocycles. The summed E-state index contributed by atoms with van der Waals surface area (Å²) in [5.74, 6) is -1.04. The van der Waals surface area contributed by atoms with Crippen LogP contribution < -0.4 is 9.47 Å². The third-order valence-corrected chi connectivity index (χ3v) is 5.17. The lowest BCUT2D eigenvalue weighted by atomic mass is 9.95. The van der Waals surface area contributed by atoms with Crippen molar-refractivity contribution in [3.63, 3.8) is 0 Å². The average Bonchev–Trinajstić information content (AvgIpc) is 3.04. The molecule has 1 aliphatic heterocycles. The first-order chi connectivity index (χ1) is 14.9. The van der Waals surface area contributed by atoms with Crippen molar-refractivity contribution in [3.8, 4) is 17.2 Å². The monoisotopic (exact) mass is 427 g/mol. The van der Waals surface area contributed by atoms with E-state index in [1.807, 2.05) is 0 Å². The number of nitrogens with zero attached hydrogens (tertiary/aromatic N) is 1. The number of rotatable bonds is 8. The molecule has 1 amide bonds. The van der Waals surface area contributed by atoms with Crippen molar-refractivity contribution in [2.24, 2.45) is 0 Å². The number of hydrogen-bond donors (Lipinski definition) is 2. The number of likely N-dealkylation sites (tertiary alicyclic amines) is 1. The molecule has 1 fully saturated rings. The maximum atomic E-state index is 12.9. The normalized spacial score (nSPS) is 17.8. The van der Waals surface area contributed by atoms with Gasteiger partial charge in [-0.3, -0.25) is 9.59 Å². The summed E-state index contributed by atoms with van der Waals surface area (Å²) < 4.78 is 15.4. The van der Waals surface area contributed by atoms with E-state index in [-0.39, 0.29) is 29.4 Å². The van der Waals surface area contributed by atoms with Gasteiger partial charge in [0.05, 0.1) is 25.8 Å². The van der Waals surface area contributed by atoms with E-state index in [1.165, 1.54) is 25.2 Å². The van der Waals surface area contributed by atoms with E-state index in [0.29, 0.717) is 29.9 Å². The van der Waals surface area contributed by atoms with Crippen molar-refractivity contribution < 1.29 is 34.0 Å². The van der Waals surface area contributed by atoms with Crippen molar-refractivity contribution in [2.45, 2.75) is 12.5 Å². The SMILES string of the molecule is COCCCN1C(=O)C(=O)/C(=C(\O)c2ccc(OC)cc2)C1c1ccc(O)c(OC)c1. The predicted octanol–water partition coefficient (Wildman–Crippen LogP) is 2.87. The van der Waals surface area contributed by atoms with Gasteiger partial charge in [-0.25, -0.2) is 0 Å². The lowest BCUT2D eigenvalue weighted by Crippen LogP contribution is -2.31. The third-order valence-electron chi connectivity index (χ3n) is 5.17.